The van der Waals surface area contributed by atoms with Crippen LogP contribution in [0.3, 0.4) is 0 Å². The first kappa shape index (κ1) is 5.51. The second kappa shape index (κ2) is 2.73. The van der Waals surface area contributed by atoms with Gasteiger partial charge in [-0.1, -0.05) is 11.1 Å². The molecule has 0 aromatic carbocycles. The Morgan fingerprint density at radius 1 is 1.83 bits per heavy atom. The van der Waals surface area contributed by atoms with Crippen LogP contribution < -0.4 is 0 Å². The molecule has 0 rings (SSSR count). The van der Waals surface area contributed by atoms with Gasteiger partial charge >= 0.3 is 14.0 Å². The van der Waals surface area contributed by atoms with Gasteiger partial charge in [-0.05, 0) is 0 Å². The van der Waals surface area contributed by atoms with Crippen LogP contribution in [0.15, 0.2) is 12.7 Å². The van der Waals surface area contributed by atoms with Crippen LogP contribution in [-0.4, -0.2) is 5.52 Å². The van der Waals surface area contributed by atoms with E-state index in [9.17, 15) is 9.36 Å². The van der Waals surface area contributed by atoms with Gasteiger partial charge in [-0.2, -0.15) is 0 Å². The molecule has 3 heteroatoms. The van der Waals surface area contributed by atoms with E-state index in [0.29, 0.717) is 0 Å². The molecule has 1 atom stereocenters. The lowest BCUT2D eigenvalue weighted by Crippen LogP contribution is -1.69. The summed E-state index contributed by atoms with van der Waals surface area (Å²) in [5.41, 5.74) is -0.421. The van der Waals surface area contributed by atoms with Gasteiger partial charge in [-0.15, -0.1) is 0 Å². The van der Waals surface area contributed by atoms with Crippen molar-refractivity contribution in [3.8, 4) is 0 Å². The van der Waals surface area contributed by atoms with Crippen LogP contribution in [0.2, 0.25) is 0 Å². The summed E-state index contributed by atoms with van der Waals surface area (Å²) in [6.07, 6.45) is 1.03. The fourth-order valence-corrected chi connectivity index (χ4v) is 0.125. The number of allylic oxidation sites excluding steroid dienone is 1. The third kappa shape index (κ3) is 1.79. The molecule has 0 amide bonds. The summed E-state index contributed by atoms with van der Waals surface area (Å²) in [6, 6.07) is 0. The lowest BCUT2D eigenvalue weighted by molar-refractivity contribution is -0.107. The predicted octanol–water partition coefficient (Wildman–Crippen LogP) is 0.723. The SMILES string of the molecule is C=CC(=O)[PH+]=O. The molecule has 0 spiro atoms. The number of carbonyl (C=O) groups excluding carboxylic acids is 1. The minimum absolute atomic E-state index is 0.421. The molecule has 0 saturated heterocycles. The Labute approximate surface area is 37.1 Å². The van der Waals surface area contributed by atoms with E-state index in [4.69, 9.17) is 0 Å². The normalized spacial score (nSPS) is 8.00. The second-order valence-electron chi connectivity index (χ2n) is 0.670. The van der Waals surface area contributed by atoms with Crippen LogP contribution in [0, 0.1) is 0 Å². The Hall–Kier alpha value is -0.490. The molecule has 0 radical (unpaired) electrons. The number of hydrogen-bond donors (Lipinski definition) is 0. The zero-order chi connectivity index (χ0) is 4.99. The van der Waals surface area contributed by atoms with Crippen LogP contribution >= 0.6 is 8.46 Å². The molecule has 6 heavy (non-hydrogen) atoms. The van der Waals surface area contributed by atoms with Gasteiger partial charge in [-0.25, -0.2) is 4.79 Å². The van der Waals surface area contributed by atoms with Crippen molar-refractivity contribution in [2.45, 2.75) is 0 Å². The molecule has 0 heterocycles. The van der Waals surface area contributed by atoms with Crippen LogP contribution in [-0.2, 0) is 9.36 Å². The molecule has 32 valence electrons. The summed E-state index contributed by atoms with van der Waals surface area (Å²) < 4.78 is 9.47. The molecule has 0 aliphatic rings. The first-order valence-electron chi connectivity index (χ1n) is 1.36. The van der Waals surface area contributed by atoms with Crippen molar-refractivity contribution in [1.82, 2.24) is 0 Å². The Morgan fingerprint density at radius 2 is 2.33 bits per heavy atom. The van der Waals surface area contributed by atoms with Crippen molar-refractivity contribution in [3.63, 3.8) is 0 Å². The van der Waals surface area contributed by atoms with Gasteiger partial charge in [0.15, 0.2) is 0 Å². The quantitative estimate of drug-likeness (QED) is 0.381. The van der Waals surface area contributed by atoms with E-state index in [2.05, 4.69) is 6.58 Å². The topological polar surface area (TPSA) is 34.1 Å². The molecule has 1 unspecified atom stereocenters. The highest BCUT2D eigenvalue weighted by Gasteiger charge is 1.97. The average molecular weight is 103 g/mol. The monoisotopic (exact) mass is 103 g/mol. The third-order valence-corrected chi connectivity index (χ3v) is 0.691. The van der Waals surface area contributed by atoms with E-state index in [0.717, 1.165) is 6.08 Å². The van der Waals surface area contributed by atoms with Crippen molar-refractivity contribution in [1.29, 1.82) is 0 Å². The Kier molecular flexibility index (Phi) is 2.51. The molecule has 0 aromatic heterocycles. The Morgan fingerprint density at radius 3 is 2.33 bits per heavy atom. The summed E-state index contributed by atoms with van der Waals surface area (Å²) >= 11 is 0. The molecule has 0 aromatic rings. The highest BCUT2D eigenvalue weighted by molar-refractivity contribution is 7.46. The first-order chi connectivity index (χ1) is 2.81. The standard InChI is InChI=1S/C3H3O2P/c1-2-3(4)6-5/h2H,1H2/p+1. The maximum absolute atomic E-state index is 9.76. The molecule has 0 fully saturated rings. The highest BCUT2D eigenvalue weighted by atomic mass is 31.1. The van der Waals surface area contributed by atoms with Crippen LogP contribution in [0.1, 0.15) is 0 Å². The molecular weight excluding hydrogens is 99.0 g/mol. The molecule has 0 N–H and O–H groups in total. The minimum atomic E-state index is -0.875. The minimum Gasteiger partial charge on any atom is -0.235 e. The summed E-state index contributed by atoms with van der Waals surface area (Å²) in [5, 5.41) is 0. The zero-order valence-corrected chi connectivity index (χ0v) is 4.10. The van der Waals surface area contributed by atoms with Gasteiger partial charge < -0.3 is 0 Å². The maximum atomic E-state index is 9.76. The van der Waals surface area contributed by atoms with Crippen molar-refractivity contribution in [2.24, 2.45) is 0 Å². The Balaban J connectivity index is 3.52. The second-order valence-corrected chi connectivity index (χ2v) is 1.37. The van der Waals surface area contributed by atoms with E-state index >= 15 is 0 Å². The highest BCUT2D eigenvalue weighted by Crippen LogP contribution is 1.91. The molecule has 2 nitrogen and oxygen atoms in total. The summed E-state index contributed by atoms with van der Waals surface area (Å²) in [6.45, 7) is 3.09. The van der Waals surface area contributed by atoms with E-state index in [1.807, 2.05) is 0 Å². The first-order valence-corrected chi connectivity index (χ1v) is 2.26. The number of carbonyl (C=O) groups is 1. The number of hydrogen-bond acceptors (Lipinski definition) is 2. The van der Waals surface area contributed by atoms with E-state index in [1.165, 1.54) is 0 Å². The maximum Gasteiger partial charge on any atom is 0.405 e. The van der Waals surface area contributed by atoms with E-state index in [-0.39, 0.29) is 0 Å². The largest absolute Gasteiger partial charge is 0.405 e. The van der Waals surface area contributed by atoms with Crippen LogP contribution in [0.5, 0.6) is 0 Å². The zero-order valence-electron chi connectivity index (χ0n) is 3.10. The number of rotatable bonds is 2. The van der Waals surface area contributed by atoms with Gasteiger partial charge in [-0.3, -0.25) is 0 Å². The fraction of sp³-hybridized carbons (Fsp3) is 0. The lowest BCUT2D eigenvalue weighted by Gasteiger charge is -1.50. The summed E-state index contributed by atoms with van der Waals surface area (Å²) in [7, 11) is -0.875. The molecule has 0 aliphatic heterocycles. The van der Waals surface area contributed by atoms with Crippen molar-refractivity contribution >= 4 is 14.0 Å². The summed E-state index contributed by atoms with van der Waals surface area (Å²) in [5.74, 6) is 0. The van der Waals surface area contributed by atoms with Crippen molar-refractivity contribution in [2.75, 3.05) is 0 Å². The molecular formula is C3H4O2P+. The average Bonchev–Trinajstić information content (AvgIpc) is 1.65. The fourth-order valence-electron chi connectivity index (χ4n) is 0.0417. The van der Waals surface area contributed by atoms with Gasteiger partial charge in [0.2, 0.25) is 0 Å². The van der Waals surface area contributed by atoms with E-state index in [1.54, 1.807) is 0 Å². The van der Waals surface area contributed by atoms with Crippen molar-refractivity contribution in [3.05, 3.63) is 12.7 Å². The van der Waals surface area contributed by atoms with Gasteiger partial charge in [0, 0.05) is 6.08 Å². The Bertz CT molecular complexity index is 76.8. The molecule has 0 bridgehead atoms. The van der Waals surface area contributed by atoms with Crippen LogP contribution in [0.4, 0.5) is 0 Å². The van der Waals surface area contributed by atoms with Crippen molar-refractivity contribution < 1.29 is 9.36 Å². The van der Waals surface area contributed by atoms with Gasteiger partial charge in [0.1, 0.15) is 0 Å². The van der Waals surface area contributed by atoms with Crippen LogP contribution in [0.25, 0.3) is 0 Å². The van der Waals surface area contributed by atoms with Gasteiger partial charge in [0.25, 0.3) is 0 Å². The lowest BCUT2D eigenvalue weighted by atomic mass is 10.7. The molecule has 0 saturated carbocycles. The molecule has 0 aliphatic carbocycles. The van der Waals surface area contributed by atoms with E-state index < -0.39 is 14.0 Å². The smallest absolute Gasteiger partial charge is 0.235 e. The summed E-state index contributed by atoms with van der Waals surface area (Å²) in [4.78, 5) is 9.76. The predicted molar refractivity (Wildman–Crippen MR) is 24.2 cm³/mol. The van der Waals surface area contributed by atoms with Gasteiger partial charge in [0.05, 0.1) is 0 Å². The third-order valence-electron chi connectivity index (χ3n) is 0.286.